The van der Waals surface area contributed by atoms with Crippen molar-refractivity contribution in [2.24, 2.45) is 0 Å². The minimum Gasteiger partial charge on any atom is -0.478 e. The molecular weight excluding hydrogens is 372 g/mol. The molecule has 4 rings (SSSR count). The Bertz CT molecular complexity index is 1010. The molecule has 2 aliphatic rings. The molecule has 0 fully saturated rings. The van der Waals surface area contributed by atoms with Gasteiger partial charge < -0.3 is 14.7 Å². The van der Waals surface area contributed by atoms with E-state index in [1.54, 1.807) is 18.7 Å². The van der Waals surface area contributed by atoms with Crippen LogP contribution in [0.2, 0.25) is 0 Å². The highest BCUT2D eigenvalue weighted by molar-refractivity contribution is 6.06. The molecule has 29 heavy (non-hydrogen) atoms. The number of carbonyl (C=O) groups is 3. The van der Waals surface area contributed by atoms with E-state index >= 15 is 0 Å². The van der Waals surface area contributed by atoms with Gasteiger partial charge in [0.1, 0.15) is 12.3 Å². The Morgan fingerprint density at radius 1 is 1.14 bits per heavy atom. The zero-order valence-corrected chi connectivity index (χ0v) is 16.3. The van der Waals surface area contributed by atoms with Crippen molar-refractivity contribution in [3.8, 4) is 5.75 Å². The number of benzene rings is 2. The normalized spacial score (nSPS) is 17.2. The Kier molecular flexibility index (Phi) is 4.53. The van der Waals surface area contributed by atoms with Gasteiger partial charge in [0.15, 0.2) is 5.60 Å². The predicted molar refractivity (Wildman–Crippen MR) is 106 cm³/mol. The Balaban J connectivity index is 1.62. The molecule has 150 valence electrons. The molecule has 0 aliphatic carbocycles. The first-order valence-electron chi connectivity index (χ1n) is 9.49. The second-order valence-electron chi connectivity index (χ2n) is 7.83. The second-order valence-corrected chi connectivity index (χ2v) is 7.83. The fraction of sp³-hybridized carbons (Fsp3) is 0.318. The molecule has 0 atom stereocenters. The van der Waals surface area contributed by atoms with Gasteiger partial charge in [-0.3, -0.25) is 14.5 Å². The van der Waals surface area contributed by atoms with E-state index in [0.29, 0.717) is 24.5 Å². The zero-order valence-electron chi connectivity index (χ0n) is 16.3. The summed E-state index contributed by atoms with van der Waals surface area (Å²) in [6, 6.07) is 12.3. The molecule has 0 saturated heterocycles. The van der Waals surface area contributed by atoms with Gasteiger partial charge in [0, 0.05) is 13.1 Å². The monoisotopic (exact) mass is 394 g/mol. The number of nitrogens with zero attached hydrogens (tertiary/aromatic N) is 2. The molecule has 2 aromatic rings. The number of hydrogen-bond acceptors (Lipinski definition) is 4. The van der Waals surface area contributed by atoms with Gasteiger partial charge in [-0.15, -0.1) is 0 Å². The number of rotatable bonds is 3. The quantitative estimate of drug-likeness (QED) is 0.864. The van der Waals surface area contributed by atoms with Gasteiger partial charge >= 0.3 is 5.97 Å². The number of anilines is 1. The SMILES string of the molecule is CC1(C)Oc2ccc(C(=O)O)cc2N(CC(=O)N2CCc3ccccc3C2)C1=O. The van der Waals surface area contributed by atoms with Gasteiger partial charge in [-0.2, -0.15) is 0 Å². The van der Waals surface area contributed by atoms with E-state index in [2.05, 4.69) is 6.07 Å². The molecule has 0 aromatic heterocycles. The van der Waals surface area contributed by atoms with Crippen molar-refractivity contribution < 1.29 is 24.2 Å². The third-order valence-corrected chi connectivity index (χ3v) is 5.40. The number of carbonyl (C=O) groups excluding carboxylic acids is 2. The molecule has 1 N–H and O–H groups in total. The molecule has 2 aliphatic heterocycles. The Morgan fingerprint density at radius 2 is 1.86 bits per heavy atom. The van der Waals surface area contributed by atoms with Gasteiger partial charge in [0.05, 0.1) is 11.3 Å². The van der Waals surface area contributed by atoms with Gasteiger partial charge in [-0.05, 0) is 49.6 Å². The minimum absolute atomic E-state index is 0.0317. The second kappa shape index (κ2) is 6.92. The van der Waals surface area contributed by atoms with Crippen LogP contribution in [0.5, 0.6) is 5.75 Å². The Labute approximate surface area is 168 Å². The van der Waals surface area contributed by atoms with E-state index in [4.69, 9.17) is 4.74 Å². The fourth-order valence-corrected chi connectivity index (χ4v) is 3.80. The average Bonchev–Trinajstić information content (AvgIpc) is 2.70. The van der Waals surface area contributed by atoms with Crippen molar-refractivity contribution in [1.29, 1.82) is 0 Å². The summed E-state index contributed by atoms with van der Waals surface area (Å²) in [4.78, 5) is 40.5. The first-order chi connectivity index (χ1) is 13.8. The van der Waals surface area contributed by atoms with Crippen molar-refractivity contribution in [2.75, 3.05) is 18.0 Å². The molecule has 0 unspecified atom stereocenters. The molecule has 7 heteroatoms. The lowest BCUT2D eigenvalue weighted by atomic mass is 9.99. The van der Waals surface area contributed by atoms with Crippen LogP contribution in [-0.4, -0.2) is 46.5 Å². The number of hydrogen-bond donors (Lipinski definition) is 1. The van der Waals surface area contributed by atoms with Crippen molar-refractivity contribution >= 4 is 23.5 Å². The highest BCUT2D eigenvalue weighted by Gasteiger charge is 2.42. The molecule has 7 nitrogen and oxygen atoms in total. The first kappa shape index (κ1) is 19.0. The van der Waals surface area contributed by atoms with Crippen molar-refractivity contribution in [2.45, 2.75) is 32.4 Å². The maximum Gasteiger partial charge on any atom is 0.335 e. The van der Waals surface area contributed by atoms with Crippen LogP contribution in [0, 0.1) is 0 Å². The Hall–Kier alpha value is -3.35. The van der Waals surface area contributed by atoms with Crippen molar-refractivity contribution in [1.82, 2.24) is 4.90 Å². The van der Waals surface area contributed by atoms with Crippen LogP contribution in [-0.2, 0) is 22.6 Å². The predicted octanol–water partition coefficient (Wildman–Crippen LogP) is 2.47. The summed E-state index contributed by atoms with van der Waals surface area (Å²) in [5.74, 6) is -1.28. The van der Waals surface area contributed by atoms with Crippen LogP contribution in [0.4, 0.5) is 5.69 Å². The summed E-state index contributed by atoms with van der Waals surface area (Å²) in [6.45, 7) is 4.19. The number of carboxylic acids is 1. The molecular formula is C22H22N2O5. The topological polar surface area (TPSA) is 87.2 Å². The van der Waals surface area contributed by atoms with Crippen LogP contribution in [0.25, 0.3) is 0 Å². The lowest BCUT2D eigenvalue weighted by molar-refractivity contribution is -0.137. The smallest absolute Gasteiger partial charge is 0.335 e. The number of aromatic carboxylic acids is 1. The largest absolute Gasteiger partial charge is 0.478 e. The highest BCUT2D eigenvalue weighted by atomic mass is 16.5. The summed E-state index contributed by atoms with van der Waals surface area (Å²) in [5.41, 5.74) is 1.53. The molecule has 2 amide bonds. The summed E-state index contributed by atoms with van der Waals surface area (Å²) in [5, 5.41) is 9.30. The lowest BCUT2D eigenvalue weighted by Gasteiger charge is -2.39. The van der Waals surface area contributed by atoms with E-state index in [1.807, 2.05) is 18.2 Å². The minimum atomic E-state index is -1.15. The van der Waals surface area contributed by atoms with Crippen molar-refractivity contribution in [3.05, 3.63) is 59.2 Å². The first-order valence-corrected chi connectivity index (χ1v) is 9.49. The molecule has 0 bridgehead atoms. The van der Waals surface area contributed by atoms with Crippen LogP contribution >= 0.6 is 0 Å². The van der Waals surface area contributed by atoms with E-state index in [-0.39, 0.29) is 23.9 Å². The van der Waals surface area contributed by atoms with E-state index in [9.17, 15) is 19.5 Å². The van der Waals surface area contributed by atoms with E-state index in [0.717, 1.165) is 12.0 Å². The van der Waals surface area contributed by atoms with Gasteiger partial charge in [0.2, 0.25) is 5.91 Å². The number of fused-ring (bicyclic) bond motifs is 2. The van der Waals surface area contributed by atoms with Crippen LogP contribution in [0.1, 0.15) is 35.3 Å². The summed E-state index contributed by atoms with van der Waals surface area (Å²) in [7, 11) is 0. The maximum atomic E-state index is 13.0. The molecule has 0 spiro atoms. The van der Waals surface area contributed by atoms with Crippen LogP contribution < -0.4 is 9.64 Å². The summed E-state index contributed by atoms with van der Waals surface area (Å²) >= 11 is 0. The van der Waals surface area contributed by atoms with Gasteiger partial charge in [-0.1, -0.05) is 24.3 Å². The highest BCUT2D eigenvalue weighted by Crippen LogP contribution is 2.38. The zero-order chi connectivity index (χ0) is 20.8. The number of amides is 2. The van der Waals surface area contributed by atoms with E-state index in [1.165, 1.54) is 28.7 Å². The van der Waals surface area contributed by atoms with Gasteiger partial charge in [-0.25, -0.2) is 4.79 Å². The summed E-state index contributed by atoms with van der Waals surface area (Å²) in [6.07, 6.45) is 0.768. The molecule has 0 radical (unpaired) electrons. The fourth-order valence-electron chi connectivity index (χ4n) is 3.80. The lowest BCUT2D eigenvalue weighted by Crippen LogP contribution is -2.55. The van der Waals surface area contributed by atoms with E-state index < -0.39 is 11.6 Å². The van der Waals surface area contributed by atoms with Gasteiger partial charge in [0.25, 0.3) is 5.91 Å². The Morgan fingerprint density at radius 3 is 2.59 bits per heavy atom. The maximum absolute atomic E-state index is 13.0. The third kappa shape index (κ3) is 3.44. The molecule has 0 saturated carbocycles. The summed E-state index contributed by atoms with van der Waals surface area (Å²) < 4.78 is 5.76. The average molecular weight is 394 g/mol. The van der Waals surface area contributed by atoms with Crippen LogP contribution in [0.3, 0.4) is 0 Å². The third-order valence-electron chi connectivity index (χ3n) is 5.40. The number of ether oxygens (including phenoxy) is 1. The molecule has 2 heterocycles. The molecule has 2 aromatic carbocycles. The standard InChI is InChI=1S/C22H22N2O5/c1-22(2)21(28)24(17-11-15(20(26)27)7-8-18(17)29-22)13-19(25)23-10-9-14-5-3-4-6-16(14)12-23/h3-8,11H,9-10,12-13H2,1-2H3,(H,26,27). The number of carboxylic acid groups (broad SMARTS) is 1. The van der Waals surface area contributed by atoms with Crippen LogP contribution in [0.15, 0.2) is 42.5 Å². The van der Waals surface area contributed by atoms with Crippen molar-refractivity contribution in [3.63, 3.8) is 0 Å².